The molecule has 0 spiro atoms. The van der Waals surface area contributed by atoms with Gasteiger partial charge in [0.15, 0.2) is 0 Å². The minimum absolute atomic E-state index is 0.773. The van der Waals surface area contributed by atoms with Gasteiger partial charge in [-0.1, -0.05) is 72.8 Å². The first-order chi connectivity index (χ1) is 21.0. The van der Waals surface area contributed by atoms with Crippen LogP contribution in [0.1, 0.15) is 13.8 Å². The van der Waals surface area contributed by atoms with E-state index in [2.05, 4.69) is 78.9 Å². The summed E-state index contributed by atoms with van der Waals surface area (Å²) in [6, 6.07) is 41.7. The van der Waals surface area contributed by atoms with Crippen molar-refractivity contribution >= 4 is 43.9 Å². The maximum Gasteiger partial charge on any atom is 0.245 e. The Morgan fingerprint density at radius 1 is 0.419 bits per heavy atom. The molecule has 6 aromatic carbocycles. The Kier molecular flexibility index (Phi) is 4.92. The van der Waals surface area contributed by atoms with Gasteiger partial charge in [0.2, 0.25) is 5.79 Å². The summed E-state index contributed by atoms with van der Waals surface area (Å²) in [6.07, 6.45) is 0. The first kappa shape index (κ1) is 24.2. The summed E-state index contributed by atoms with van der Waals surface area (Å²) >= 11 is 0. The lowest BCUT2D eigenvalue weighted by molar-refractivity contribution is -0.0778. The van der Waals surface area contributed by atoms with Gasteiger partial charge in [-0.05, 0) is 70.8 Å². The van der Waals surface area contributed by atoms with Crippen LogP contribution < -0.4 is 9.47 Å². The van der Waals surface area contributed by atoms with Crippen molar-refractivity contribution in [1.29, 1.82) is 0 Å². The largest absolute Gasteiger partial charge is 0.456 e. The zero-order chi connectivity index (χ0) is 28.7. The number of benzene rings is 6. The van der Waals surface area contributed by atoms with E-state index >= 15 is 0 Å². The maximum atomic E-state index is 6.57. The Hall–Kier alpha value is -5.48. The van der Waals surface area contributed by atoms with Crippen LogP contribution in [0.25, 0.3) is 77.3 Å². The van der Waals surface area contributed by atoms with Crippen molar-refractivity contribution in [3.05, 3.63) is 121 Å². The average molecular weight is 559 g/mol. The van der Waals surface area contributed by atoms with Crippen LogP contribution in [0.4, 0.5) is 0 Å². The Morgan fingerprint density at radius 3 is 1.60 bits per heavy atom. The van der Waals surface area contributed by atoms with E-state index in [9.17, 15) is 0 Å². The molecule has 0 unspecified atom stereocenters. The SMILES string of the molecule is CC1(C)Oc2cc(-c3cccc4oc5ccccc5c34)ccc2-c2cc(-c3cccc4oc5ccccc5c34)ccc2O1. The van der Waals surface area contributed by atoms with Crippen LogP contribution in [0, 0.1) is 0 Å². The molecule has 3 heterocycles. The van der Waals surface area contributed by atoms with Crippen molar-refractivity contribution in [1.82, 2.24) is 0 Å². The van der Waals surface area contributed by atoms with E-state index in [1.54, 1.807) is 0 Å². The smallest absolute Gasteiger partial charge is 0.245 e. The van der Waals surface area contributed by atoms with Crippen LogP contribution in [0.15, 0.2) is 130 Å². The summed E-state index contributed by atoms with van der Waals surface area (Å²) in [5, 5.41) is 4.42. The molecule has 0 fully saturated rings. The van der Waals surface area contributed by atoms with Crippen LogP contribution in [-0.2, 0) is 0 Å². The fourth-order valence-electron chi connectivity index (χ4n) is 6.57. The molecule has 2 aromatic heterocycles. The van der Waals surface area contributed by atoms with Gasteiger partial charge in [0.25, 0.3) is 0 Å². The van der Waals surface area contributed by atoms with E-state index in [4.69, 9.17) is 18.3 Å². The molecule has 0 saturated carbocycles. The number of para-hydroxylation sites is 2. The molecular formula is C39H26O4. The molecule has 0 radical (unpaired) electrons. The van der Waals surface area contributed by atoms with E-state index < -0.39 is 5.79 Å². The van der Waals surface area contributed by atoms with Gasteiger partial charge in [-0.15, -0.1) is 0 Å². The van der Waals surface area contributed by atoms with Crippen LogP contribution in [0.5, 0.6) is 11.5 Å². The molecule has 0 N–H and O–H groups in total. The van der Waals surface area contributed by atoms with Crippen molar-refractivity contribution in [2.24, 2.45) is 0 Å². The van der Waals surface area contributed by atoms with Gasteiger partial charge in [-0.2, -0.15) is 0 Å². The molecule has 9 rings (SSSR count). The summed E-state index contributed by atoms with van der Waals surface area (Å²) in [5.74, 6) is 0.692. The first-order valence-electron chi connectivity index (χ1n) is 14.5. The van der Waals surface area contributed by atoms with Gasteiger partial charge in [0.05, 0.1) is 0 Å². The standard InChI is InChI=1S/C39H26O4/c1-39(2)42-33-20-18-23(25-11-7-15-34-37(25)28-9-3-5-13-31(28)40-34)21-30(33)27-19-17-24(22-36(27)43-39)26-12-8-16-35-38(26)29-10-4-6-14-32(29)41-35/h3-22H,1-2H3. The number of hydrogen-bond donors (Lipinski definition) is 0. The zero-order valence-corrected chi connectivity index (χ0v) is 23.7. The highest BCUT2D eigenvalue weighted by atomic mass is 16.7. The second-order valence-corrected chi connectivity index (χ2v) is 11.6. The Morgan fingerprint density at radius 2 is 0.953 bits per heavy atom. The van der Waals surface area contributed by atoms with Gasteiger partial charge in [-0.25, -0.2) is 0 Å². The molecule has 0 saturated heterocycles. The quantitative estimate of drug-likeness (QED) is 0.212. The van der Waals surface area contributed by atoms with Gasteiger partial charge >= 0.3 is 0 Å². The maximum absolute atomic E-state index is 6.57. The summed E-state index contributed by atoms with van der Waals surface area (Å²) in [6.45, 7) is 3.91. The number of hydrogen-bond acceptors (Lipinski definition) is 4. The fourth-order valence-corrected chi connectivity index (χ4v) is 6.57. The topological polar surface area (TPSA) is 44.7 Å². The number of rotatable bonds is 2. The molecule has 1 aliphatic rings. The molecule has 4 heteroatoms. The van der Waals surface area contributed by atoms with Crippen molar-refractivity contribution in [3.8, 4) is 44.9 Å². The fraction of sp³-hybridized carbons (Fsp3) is 0.0769. The van der Waals surface area contributed by atoms with Gasteiger partial charge < -0.3 is 18.3 Å². The van der Waals surface area contributed by atoms with E-state index in [1.165, 1.54) is 0 Å². The average Bonchev–Trinajstić information content (AvgIpc) is 3.56. The molecule has 0 aliphatic carbocycles. The molecule has 1 aliphatic heterocycles. The summed E-state index contributed by atoms with van der Waals surface area (Å²) < 4.78 is 25.4. The van der Waals surface area contributed by atoms with E-state index in [0.717, 1.165) is 88.8 Å². The predicted molar refractivity (Wildman–Crippen MR) is 173 cm³/mol. The highest BCUT2D eigenvalue weighted by Crippen LogP contribution is 2.47. The molecule has 8 aromatic rings. The molecule has 0 atom stereocenters. The van der Waals surface area contributed by atoms with Crippen LogP contribution in [0.3, 0.4) is 0 Å². The number of ether oxygens (including phenoxy) is 2. The number of furan rings is 2. The summed E-state index contributed by atoms with van der Waals surface area (Å²) in [4.78, 5) is 0. The van der Waals surface area contributed by atoms with Crippen LogP contribution in [0.2, 0.25) is 0 Å². The molecular weight excluding hydrogens is 532 g/mol. The van der Waals surface area contributed by atoms with Crippen molar-refractivity contribution in [2.45, 2.75) is 19.6 Å². The highest BCUT2D eigenvalue weighted by Gasteiger charge is 2.30. The summed E-state index contributed by atoms with van der Waals surface area (Å²) in [7, 11) is 0. The minimum Gasteiger partial charge on any atom is -0.456 e. The third-order valence-electron chi connectivity index (χ3n) is 8.39. The van der Waals surface area contributed by atoms with E-state index in [1.807, 2.05) is 56.3 Å². The van der Waals surface area contributed by atoms with Gasteiger partial charge in [0, 0.05) is 46.5 Å². The van der Waals surface area contributed by atoms with Gasteiger partial charge in [0.1, 0.15) is 33.8 Å². The number of fused-ring (bicyclic) bond motifs is 9. The Balaban J connectivity index is 1.24. The highest BCUT2D eigenvalue weighted by molar-refractivity contribution is 6.13. The molecule has 206 valence electrons. The van der Waals surface area contributed by atoms with Crippen LogP contribution >= 0.6 is 0 Å². The van der Waals surface area contributed by atoms with Crippen molar-refractivity contribution in [2.75, 3.05) is 0 Å². The molecule has 43 heavy (non-hydrogen) atoms. The Bertz CT molecular complexity index is 2390. The lowest BCUT2D eigenvalue weighted by Gasteiger charge is -2.25. The monoisotopic (exact) mass is 558 g/mol. The van der Waals surface area contributed by atoms with Crippen LogP contribution in [-0.4, -0.2) is 5.79 Å². The zero-order valence-electron chi connectivity index (χ0n) is 23.7. The van der Waals surface area contributed by atoms with Crippen molar-refractivity contribution in [3.63, 3.8) is 0 Å². The Labute approximate surface area is 247 Å². The lowest BCUT2D eigenvalue weighted by atomic mass is 9.93. The van der Waals surface area contributed by atoms with E-state index in [0.29, 0.717) is 0 Å². The van der Waals surface area contributed by atoms with Crippen molar-refractivity contribution < 1.29 is 18.3 Å². The molecule has 4 nitrogen and oxygen atoms in total. The first-order valence-corrected chi connectivity index (χ1v) is 14.5. The second-order valence-electron chi connectivity index (χ2n) is 11.6. The third kappa shape index (κ3) is 3.70. The normalized spacial score (nSPS) is 13.9. The van der Waals surface area contributed by atoms with Gasteiger partial charge in [-0.3, -0.25) is 0 Å². The van der Waals surface area contributed by atoms with E-state index in [-0.39, 0.29) is 0 Å². The lowest BCUT2D eigenvalue weighted by Crippen LogP contribution is -2.34. The third-order valence-corrected chi connectivity index (χ3v) is 8.39. The molecule has 0 bridgehead atoms. The minimum atomic E-state index is -0.866. The predicted octanol–water partition coefficient (Wildman–Crippen LogP) is 11.0. The second kappa shape index (κ2) is 8.76. The molecule has 0 amide bonds. The summed E-state index contributed by atoms with van der Waals surface area (Å²) in [5.41, 5.74) is 9.85.